The number of amides is 3. The number of aliphatic hydroxyl groups is 8. The van der Waals surface area contributed by atoms with Crippen LogP contribution in [0.15, 0.2) is 0 Å². The first-order chi connectivity index (χ1) is 43.5. The molecule has 4 aliphatic heterocycles. The predicted molar refractivity (Wildman–Crippen MR) is 294 cm³/mol. The van der Waals surface area contributed by atoms with Gasteiger partial charge in [-0.05, 0) is 34.9 Å². The Bertz CT molecular complexity index is 2280. The first kappa shape index (κ1) is 99.8. The standard InChI is InChI=1S/C18H35N3O9.C16H27NO11.C16H25NO11.CN.B.IO4.2Na/c1-9-14(21-10(2)23)17(15(24)12(8-22)28-9)30-13(7-20-4)29-16(18(25)26)11(27-5)6-19-3;1-5-8(17-6(2)19)12(9(20)7(4-18)26-5)27-16-11(22)10(21)13(25-3)14(28-16)15(23)24;1-7-12(17-8(2)21)15(13(22)9(4-18)26-7)28-11(6-20)27-14(16(23)24)10(5-19)25-3;1-2;;2-1(3,4)5;;/h9,11-17,19-20,22,24H,6-8H2,1-5H3,(H,21,23)(H,25,26);5,7-14,16,18,20-22H,4H2,1-3H3,(H,17,19)(H,23,24);5-7,9-15,18,22H,4H2,1-3H3,(H,17,21)(H,23,24);;;;;/q;;;-1;;-1;2*+1. The van der Waals surface area contributed by atoms with Gasteiger partial charge in [-0.15, -0.1) is 0 Å². The summed E-state index contributed by atoms with van der Waals surface area (Å²) in [6.07, 6.45) is -28.9. The van der Waals surface area contributed by atoms with Gasteiger partial charge >= 0.3 is 77.0 Å². The van der Waals surface area contributed by atoms with Crippen molar-refractivity contribution in [3.05, 3.63) is 6.57 Å². The van der Waals surface area contributed by atoms with E-state index in [0.717, 1.165) is 14.2 Å². The fourth-order valence-electron chi connectivity index (χ4n) is 9.59. The van der Waals surface area contributed by atoms with Gasteiger partial charge in [-0.3, -0.25) is 32.9 Å². The number of carbonyl (C=O) groups is 8. The number of methoxy groups -OCH3 is 3. The molecule has 26 unspecified atom stereocenters. The van der Waals surface area contributed by atoms with E-state index in [9.17, 15) is 94.5 Å². The molecule has 16 N–H and O–H groups in total. The molecule has 41 nitrogen and oxygen atoms in total. The number of hydrogen-bond acceptors (Lipinski definition) is 35. The summed E-state index contributed by atoms with van der Waals surface area (Å²) in [5.41, 5.74) is 0. The molecule has 4 rings (SSSR count). The molecule has 0 aromatic rings. The maximum absolute atomic E-state index is 11.8. The molecule has 26 atom stereocenters. The molecule has 0 aliphatic carbocycles. The van der Waals surface area contributed by atoms with E-state index in [-0.39, 0.29) is 99.1 Å². The van der Waals surface area contributed by atoms with E-state index in [1.54, 1.807) is 34.9 Å². The number of carboxylic acid groups (broad SMARTS) is 3. The number of aldehydes is 2. The van der Waals surface area contributed by atoms with Crippen LogP contribution in [0.4, 0.5) is 0 Å². The van der Waals surface area contributed by atoms with E-state index >= 15 is 0 Å². The molecule has 4 aliphatic rings. The van der Waals surface area contributed by atoms with Crippen LogP contribution < -0.4 is 120 Å². The molecule has 4 heterocycles. The van der Waals surface area contributed by atoms with E-state index in [1.165, 1.54) is 27.9 Å². The van der Waals surface area contributed by atoms with Gasteiger partial charge in [-0.2, -0.15) is 0 Å². The van der Waals surface area contributed by atoms with E-state index in [4.69, 9.17) is 82.4 Å². The summed E-state index contributed by atoms with van der Waals surface area (Å²) in [5.74, 6) is -5.55. The maximum atomic E-state index is 11.8. The zero-order valence-electron chi connectivity index (χ0n) is 54.8. The smallest absolute Gasteiger partial charge is 0.512 e. The van der Waals surface area contributed by atoms with Crippen LogP contribution in [-0.4, -0.2) is 340 Å². The van der Waals surface area contributed by atoms with Gasteiger partial charge < -0.3 is 156 Å². The second-order valence-corrected chi connectivity index (χ2v) is 22.6. The van der Waals surface area contributed by atoms with Crippen molar-refractivity contribution < 1.29 is 244 Å². The average Bonchev–Trinajstić information content (AvgIpc) is 0.806. The number of carbonyl (C=O) groups excluding carboxylic acids is 5. The average molecular weight is 1530 g/mol. The molecule has 45 heteroatoms. The molecule has 3 radical (unpaired) electrons. The number of carboxylic acids is 3. The van der Waals surface area contributed by atoms with Crippen LogP contribution in [0.2, 0.25) is 0 Å². The molecule has 0 bridgehead atoms. The van der Waals surface area contributed by atoms with E-state index in [2.05, 4.69) is 26.6 Å². The van der Waals surface area contributed by atoms with Crippen LogP contribution in [0.3, 0.4) is 0 Å². The van der Waals surface area contributed by atoms with Crippen LogP contribution >= 0.6 is 0 Å². The van der Waals surface area contributed by atoms with Gasteiger partial charge in [-0.25, -0.2) is 14.4 Å². The molecule has 0 aromatic heterocycles. The molecule has 0 saturated carbocycles. The van der Waals surface area contributed by atoms with Gasteiger partial charge in [0, 0.05) is 63.6 Å². The first-order valence-electron chi connectivity index (χ1n) is 27.8. The summed E-state index contributed by atoms with van der Waals surface area (Å²) in [6, 6.07) is -2.58. The topological polar surface area (TPSA) is 646 Å². The van der Waals surface area contributed by atoms with Crippen molar-refractivity contribution in [1.29, 1.82) is 5.26 Å². The minimum Gasteiger partial charge on any atom is -0.512 e. The van der Waals surface area contributed by atoms with Crippen LogP contribution in [0.5, 0.6) is 0 Å². The molecule has 3 amide bonds. The number of ether oxygens (including phenoxy) is 12. The molecule has 96 heavy (non-hydrogen) atoms. The number of aliphatic carboxylic acids is 3. The quantitative estimate of drug-likeness (QED) is 0.0104. The number of halogens is 1. The fourth-order valence-corrected chi connectivity index (χ4v) is 9.59. The minimum atomic E-state index is -5.94. The van der Waals surface area contributed by atoms with Gasteiger partial charge in [-0.1, -0.05) is 0 Å². The van der Waals surface area contributed by atoms with Crippen molar-refractivity contribution in [2.45, 2.75) is 201 Å². The van der Waals surface area contributed by atoms with E-state index < -0.39 is 229 Å². The Morgan fingerprint density at radius 2 is 0.958 bits per heavy atom. The molecule has 0 aromatic carbocycles. The normalized spacial score (nSPS) is 31.8. The summed E-state index contributed by atoms with van der Waals surface area (Å²) in [4.78, 5) is 91.5. The molecule has 543 valence electrons. The SMILES string of the molecule is CNCC(OC(C(=O)O)C(CNC)OC)OC1C(O)C(CO)OC(C)C1NC(C)=O.COC(C=O)C(OC(C=O)OC1C(O)C(CO)OC(C)C1NC(C)=O)C(=O)O.COC1C(C(=O)O)OC(OC2C(O)C(CO)OC(C)C2NC(C)=O)C(O)C1O.[B].[C-]#N.[Na+].[Na+].[O-][I+3]([O-])([O-])[O-]. The van der Waals surface area contributed by atoms with Crippen LogP contribution in [0.25, 0.3) is 0 Å². The molecule has 4 saturated heterocycles. The zero-order chi connectivity index (χ0) is 71.9. The number of likely N-dealkylation sites (N-methyl/N-ethyl adjacent to an activating group) is 2. The van der Waals surface area contributed by atoms with Gasteiger partial charge in [0.2, 0.25) is 24.0 Å². The monoisotopic (exact) mass is 1530 g/mol. The third-order valence-corrected chi connectivity index (χ3v) is 13.8. The van der Waals surface area contributed by atoms with Crippen molar-refractivity contribution in [2.24, 2.45) is 0 Å². The van der Waals surface area contributed by atoms with Crippen molar-refractivity contribution >= 4 is 56.6 Å². The van der Waals surface area contributed by atoms with Crippen molar-refractivity contribution in [1.82, 2.24) is 26.6 Å². The van der Waals surface area contributed by atoms with Gasteiger partial charge in [0.15, 0.2) is 43.5 Å². The second kappa shape index (κ2) is 50.7. The first-order valence-corrected chi connectivity index (χ1v) is 31.3. The summed E-state index contributed by atoms with van der Waals surface area (Å²) in [6.45, 7) is 12.1. The summed E-state index contributed by atoms with van der Waals surface area (Å²) < 4.78 is 98.7. The summed E-state index contributed by atoms with van der Waals surface area (Å²) >= 11 is -5.94. The molecular formula is C51H87BIN6Na2O35. The largest absolute Gasteiger partial charge is 1.00 e. The molecular weight excluding hydrogens is 1440 g/mol. The Morgan fingerprint density at radius 1 is 0.573 bits per heavy atom. The number of rotatable bonds is 30. The van der Waals surface area contributed by atoms with Crippen LogP contribution in [-0.2, 0) is 95.2 Å². The van der Waals surface area contributed by atoms with Crippen molar-refractivity contribution in [2.75, 3.05) is 68.3 Å². The third kappa shape index (κ3) is 32.6. The van der Waals surface area contributed by atoms with Crippen molar-refractivity contribution in [3.63, 3.8) is 0 Å². The minimum absolute atomic E-state index is 0. The van der Waals surface area contributed by atoms with Gasteiger partial charge in [0.25, 0.3) is 0 Å². The Kier molecular flexibility index (Phi) is 52.7. The number of aliphatic hydroxyl groups excluding tert-OH is 8. The van der Waals surface area contributed by atoms with E-state index in [1.807, 2.05) is 0 Å². The van der Waals surface area contributed by atoms with Gasteiger partial charge in [0.05, 0.1) is 56.3 Å². The Labute approximate surface area is 604 Å². The Hall–Kier alpha value is -2.60. The number of nitrogens with zero attached hydrogens (tertiary/aromatic N) is 1. The Morgan fingerprint density at radius 3 is 1.27 bits per heavy atom. The fraction of sp³-hybridized carbons (Fsp3) is 0.824. The summed E-state index contributed by atoms with van der Waals surface area (Å²) in [5, 5.41) is 128. The van der Waals surface area contributed by atoms with Crippen LogP contribution in [0, 0.1) is 11.8 Å². The number of hydrogen-bond donors (Lipinski definition) is 16. The van der Waals surface area contributed by atoms with E-state index in [0.29, 0.717) is 0 Å². The zero-order valence-corrected chi connectivity index (χ0v) is 61.0. The van der Waals surface area contributed by atoms with Crippen LogP contribution in [0.1, 0.15) is 41.5 Å². The number of nitrogens with one attached hydrogen (secondary N) is 5. The maximum Gasteiger partial charge on any atom is 1.00 e. The van der Waals surface area contributed by atoms with Gasteiger partial charge in [0.1, 0.15) is 106 Å². The predicted octanol–water partition coefficient (Wildman–Crippen LogP) is -23.0. The molecule has 0 spiro atoms. The third-order valence-electron chi connectivity index (χ3n) is 13.8. The second-order valence-electron chi connectivity index (χ2n) is 20.4. The summed E-state index contributed by atoms with van der Waals surface area (Å²) in [7, 11) is 6.89. The molecule has 4 fully saturated rings. The van der Waals surface area contributed by atoms with Crippen molar-refractivity contribution in [3.8, 4) is 0 Å². The Balaban J connectivity index is -0.000000620.